The zero-order valence-corrected chi connectivity index (χ0v) is 19.7. The van der Waals surface area contributed by atoms with Gasteiger partial charge in [-0.3, -0.25) is 9.59 Å². The summed E-state index contributed by atoms with van der Waals surface area (Å²) in [7, 11) is -2.43. The number of hydrogen-bond donors (Lipinski definition) is 2. The summed E-state index contributed by atoms with van der Waals surface area (Å²) < 4.78 is 38.0. The number of methoxy groups -OCH3 is 1. The van der Waals surface area contributed by atoms with Gasteiger partial charge in [-0.05, 0) is 61.4 Å². The van der Waals surface area contributed by atoms with Gasteiger partial charge in [-0.25, -0.2) is 13.1 Å². The summed E-state index contributed by atoms with van der Waals surface area (Å²) in [6.07, 6.45) is 1.78. The number of ether oxygens (including phenoxy) is 2. The monoisotopic (exact) mass is 495 g/mol. The molecule has 1 unspecified atom stereocenters. The second-order valence-corrected chi connectivity index (χ2v) is 9.60. The molecule has 1 aliphatic rings. The zero-order valence-electron chi connectivity index (χ0n) is 18.1. The van der Waals surface area contributed by atoms with Crippen molar-refractivity contribution >= 4 is 39.1 Å². The Morgan fingerprint density at radius 2 is 1.85 bits per heavy atom. The normalized spacial score (nSPS) is 15.8. The summed E-state index contributed by atoms with van der Waals surface area (Å²) in [6, 6.07) is 12.1. The first-order valence-corrected chi connectivity index (χ1v) is 12.2. The molecule has 33 heavy (non-hydrogen) atoms. The molecule has 1 aliphatic heterocycles. The molecule has 3 rings (SSSR count). The maximum Gasteiger partial charge on any atom is 0.242 e. The summed E-state index contributed by atoms with van der Waals surface area (Å²) in [4.78, 5) is 26.7. The van der Waals surface area contributed by atoms with Crippen molar-refractivity contribution in [1.82, 2.24) is 10.0 Å². The molecule has 2 aromatic carbocycles. The van der Waals surface area contributed by atoms with E-state index in [2.05, 4.69) is 10.0 Å². The van der Waals surface area contributed by atoms with Gasteiger partial charge in [-0.1, -0.05) is 11.6 Å². The van der Waals surface area contributed by atoms with E-state index in [0.717, 1.165) is 12.8 Å². The van der Waals surface area contributed by atoms with E-state index >= 15 is 0 Å². The van der Waals surface area contributed by atoms with Gasteiger partial charge in [0, 0.05) is 23.9 Å². The second kappa shape index (κ2) is 11.5. The van der Waals surface area contributed by atoms with Crippen LogP contribution in [0.4, 0.5) is 5.69 Å². The van der Waals surface area contributed by atoms with Crippen molar-refractivity contribution in [1.29, 1.82) is 0 Å². The summed E-state index contributed by atoms with van der Waals surface area (Å²) in [5.41, 5.74) is 0.429. The SMILES string of the molecule is COc1ccc(N(CC(=O)NCC2CCCO2)C(=O)CNS(=O)(=O)c2ccc(Cl)cc2)cc1. The van der Waals surface area contributed by atoms with Gasteiger partial charge in [0.15, 0.2) is 0 Å². The van der Waals surface area contributed by atoms with Crippen LogP contribution >= 0.6 is 11.6 Å². The van der Waals surface area contributed by atoms with Gasteiger partial charge < -0.3 is 19.7 Å². The van der Waals surface area contributed by atoms with Crippen LogP contribution in [0.5, 0.6) is 5.75 Å². The molecule has 1 atom stereocenters. The lowest BCUT2D eigenvalue weighted by Crippen LogP contribution is -2.46. The fraction of sp³-hybridized carbons (Fsp3) is 0.364. The van der Waals surface area contributed by atoms with Crippen LogP contribution in [-0.4, -0.2) is 59.7 Å². The minimum Gasteiger partial charge on any atom is -0.497 e. The Morgan fingerprint density at radius 1 is 1.15 bits per heavy atom. The molecule has 11 heteroatoms. The number of halogens is 1. The van der Waals surface area contributed by atoms with Crippen molar-refractivity contribution in [3.05, 3.63) is 53.6 Å². The molecule has 1 saturated heterocycles. The fourth-order valence-electron chi connectivity index (χ4n) is 3.27. The Kier molecular flexibility index (Phi) is 8.67. The van der Waals surface area contributed by atoms with Crippen LogP contribution < -0.4 is 19.7 Å². The Balaban J connectivity index is 1.69. The molecule has 1 heterocycles. The lowest BCUT2D eigenvalue weighted by molar-refractivity contribution is -0.123. The average molecular weight is 496 g/mol. The fourth-order valence-corrected chi connectivity index (χ4v) is 4.37. The summed E-state index contributed by atoms with van der Waals surface area (Å²) >= 11 is 5.81. The molecule has 1 fully saturated rings. The number of sulfonamides is 1. The first kappa shape index (κ1) is 25.0. The minimum absolute atomic E-state index is 0.0231. The Morgan fingerprint density at radius 3 is 2.45 bits per heavy atom. The van der Waals surface area contributed by atoms with Crippen LogP contribution in [0.2, 0.25) is 5.02 Å². The van der Waals surface area contributed by atoms with Crippen molar-refractivity contribution < 1.29 is 27.5 Å². The summed E-state index contributed by atoms with van der Waals surface area (Å²) in [6.45, 7) is 0.216. The molecule has 178 valence electrons. The zero-order chi connectivity index (χ0) is 23.8. The number of nitrogens with zero attached hydrogens (tertiary/aromatic N) is 1. The molecular weight excluding hydrogens is 470 g/mol. The van der Waals surface area contributed by atoms with E-state index in [-0.39, 0.29) is 23.5 Å². The number of rotatable bonds is 10. The number of carbonyl (C=O) groups is 2. The van der Waals surface area contributed by atoms with Gasteiger partial charge in [0.05, 0.1) is 24.7 Å². The highest BCUT2D eigenvalue weighted by molar-refractivity contribution is 7.89. The second-order valence-electron chi connectivity index (χ2n) is 7.40. The molecule has 2 amide bonds. The Labute approximate surface area is 198 Å². The van der Waals surface area contributed by atoms with Gasteiger partial charge in [-0.15, -0.1) is 0 Å². The maximum atomic E-state index is 13.0. The molecule has 2 N–H and O–H groups in total. The molecule has 0 spiro atoms. The molecule has 0 saturated carbocycles. The summed E-state index contributed by atoms with van der Waals surface area (Å²) in [5, 5.41) is 3.17. The highest BCUT2D eigenvalue weighted by Gasteiger charge is 2.23. The quantitative estimate of drug-likeness (QED) is 0.521. The topological polar surface area (TPSA) is 114 Å². The van der Waals surface area contributed by atoms with Crippen LogP contribution in [0.15, 0.2) is 53.4 Å². The number of benzene rings is 2. The van der Waals surface area contributed by atoms with Crippen LogP contribution in [-0.2, 0) is 24.3 Å². The number of anilines is 1. The van der Waals surface area contributed by atoms with Crippen molar-refractivity contribution in [2.45, 2.75) is 23.8 Å². The van der Waals surface area contributed by atoms with E-state index in [9.17, 15) is 18.0 Å². The van der Waals surface area contributed by atoms with Crippen LogP contribution in [0, 0.1) is 0 Å². The van der Waals surface area contributed by atoms with Crippen LogP contribution in [0.1, 0.15) is 12.8 Å². The smallest absolute Gasteiger partial charge is 0.242 e. The first-order valence-electron chi connectivity index (χ1n) is 10.4. The Hall–Kier alpha value is -2.66. The highest BCUT2D eigenvalue weighted by atomic mass is 35.5. The van der Waals surface area contributed by atoms with E-state index in [1.54, 1.807) is 24.3 Å². The molecule has 0 aliphatic carbocycles. The maximum absolute atomic E-state index is 13.0. The predicted molar refractivity (Wildman–Crippen MR) is 124 cm³/mol. The predicted octanol–water partition coefficient (Wildman–Crippen LogP) is 1.96. The van der Waals surface area contributed by atoms with Crippen molar-refractivity contribution in [2.24, 2.45) is 0 Å². The van der Waals surface area contributed by atoms with E-state index in [0.29, 0.717) is 29.6 Å². The van der Waals surface area contributed by atoms with Gasteiger partial charge in [0.1, 0.15) is 12.3 Å². The molecule has 0 aromatic heterocycles. The standard InChI is InChI=1S/C22H26ClN3O6S/c1-31-18-8-6-17(7-9-18)26(15-21(27)24-13-19-3-2-12-32-19)22(28)14-25-33(29,30)20-10-4-16(23)5-11-20/h4-11,19,25H,2-3,12-15H2,1H3,(H,24,27). The lowest BCUT2D eigenvalue weighted by Gasteiger charge is -2.23. The van der Waals surface area contributed by atoms with Gasteiger partial charge >= 0.3 is 0 Å². The third-order valence-corrected chi connectivity index (χ3v) is 6.74. The number of amides is 2. The molecule has 0 radical (unpaired) electrons. The van der Waals surface area contributed by atoms with Gasteiger partial charge in [0.25, 0.3) is 0 Å². The average Bonchev–Trinajstić information content (AvgIpc) is 3.34. The van der Waals surface area contributed by atoms with Crippen LogP contribution in [0.3, 0.4) is 0 Å². The number of carbonyl (C=O) groups excluding carboxylic acids is 2. The van der Waals surface area contributed by atoms with Crippen LogP contribution in [0.25, 0.3) is 0 Å². The van der Waals surface area contributed by atoms with E-state index in [1.807, 2.05) is 0 Å². The molecule has 9 nitrogen and oxygen atoms in total. The van der Waals surface area contributed by atoms with E-state index < -0.39 is 22.5 Å². The van der Waals surface area contributed by atoms with Crippen molar-refractivity contribution in [3.8, 4) is 5.75 Å². The third kappa shape index (κ3) is 7.16. The Bertz CT molecular complexity index is 1050. The number of hydrogen-bond acceptors (Lipinski definition) is 6. The number of nitrogens with one attached hydrogen (secondary N) is 2. The highest BCUT2D eigenvalue weighted by Crippen LogP contribution is 2.20. The van der Waals surface area contributed by atoms with Gasteiger partial charge in [0.2, 0.25) is 21.8 Å². The van der Waals surface area contributed by atoms with Gasteiger partial charge in [-0.2, -0.15) is 0 Å². The molecule has 2 aromatic rings. The molecule has 0 bridgehead atoms. The van der Waals surface area contributed by atoms with E-state index in [1.165, 1.54) is 36.3 Å². The van der Waals surface area contributed by atoms with Crippen molar-refractivity contribution in [2.75, 3.05) is 38.3 Å². The molecular formula is C22H26ClN3O6S. The largest absolute Gasteiger partial charge is 0.497 e. The minimum atomic E-state index is -3.94. The summed E-state index contributed by atoms with van der Waals surface area (Å²) in [5.74, 6) is -0.391. The third-order valence-electron chi connectivity index (χ3n) is 5.08. The van der Waals surface area contributed by atoms with E-state index in [4.69, 9.17) is 21.1 Å². The first-order chi connectivity index (χ1) is 15.8. The lowest BCUT2D eigenvalue weighted by atomic mass is 10.2. The van der Waals surface area contributed by atoms with Crippen molar-refractivity contribution in [3.63, 3.8) is 0 Å².